The summed E-state index contributed by atoms with van der Waals surface area (Å²) in [6, 6.07) is 0. The lowest BCUT2D eigenvalue weighted by molar-refractivity contribution is -0.870. The first-order valence-electron chi connectivity index (χ1n) is 26.5. The van der Waals surface area contributed by atoms with Crippen LogP contribution in [-0.4, -0.2) is 87.4 Å². The van der Waals surface area contributed by atoms with Crippen LogP contribution in [0.25, 0.3) is 0 Å². The third kappa shape index (κ3) is 51.0. The number of ether oxygens (including phenoxy) is 4. The number of carboxylic acids is 1. The predicted octanol–water partition coefficient (Wildman–Crippen LogP) is 15.3. The van der Waals surface area contributed by atoms with Crippen molar-refractivity contribution in [1.29, 1.82) is 0 Å². The van der Waals surface area contributed by atoms with Gasteiger partial charge in [-0.25, -0.2) is 4.79 Å². The van der Waals surface area contributed by atoms with E-state index >= 15 is 0 Å². The van der Waals surface area contributed by atoms with Crippen molar-refractivity contribution in [3.63, 3.8) is 0 Å². The first-order chi connectivity index (χ1) is 34.1. The Morgan fingerprint density at radius 2 is 0.814 bits per heavy atom. The zero-order valence-corrected chi connectivity index (χ0v) is 44.4. The molecule has 0 aliphatic carbocycles. The normalized spacial score (nSPS) is 14.0. The molecule has 0 radical (unpaired) electrons. The van der Waals surface area contributed by atoms with Crippen LogP contribution in [0.5, 0.6) is 0 Å². The van der Waals surface area contributed by atoms with Crippen LogP contribution >= 0.6 is 0 Å². The Morgan fingerprint density at radius 3 is 1.21 bits per heavy atom. The van der Waals surface area contributed by atoms with Crippen LogP contribution in [0.2, 0.25) is 0 Å². The number of likely N-dealkylation sites (N-methyl/N-ethyl adjacent to an activating group) is 1. The molecule has 9 nitrogen and oxygen atoms in total. The Morgan fingerprint density at radius 1 is 0.443 bits per heavy atom. The van der Waals surface area contributed by atoms with Gasteiger partial charge in [-0.2, -0.15) is 0 Å². The number of carbonyl (C=O) groups is 3. The van der Waals surface area contributed by atoms with Crippen molar-refractivity contribution >= 4 is 17.9 Å². The fourth-order valence-corrected chi connectivity index (χ4v) is 6.28. The number of hydrogen-bond acceptors (Lipinski definition) is 7. The molecule has 1 N–H and O–H groups in total. The molecular formula is C61H96NO8+. The average molecular weight is 971 g/mol. The van der Waals surface area contributed by atoms with Crippen molar-refractivity contribution in [2.24, 2.45) is 0 Å². The van der Waals surface area contributed by atoms with E-state index in [-0.39, 0.29) is 38.6 Å². The Balaban J connectivity index is 4.20. The van der Waals surface area contributed by atoms with E-state index in [2.05, 4.69) is 160 Å². The van der Waals surface area contributed by atoms with Gasteiger partial charge in [0.2, 0.25) is 0 Å². The lowest BCUT2D eigenvalue weighted by atomic mass is 10.1. The number of esters is 2. The number of hydrogen-bond donors (Lipinski definition) is 1. The summed E-state index contributed by atoms with van der Waals surface area (Å²) in [5.41, 5.74) is 0. The van der Waals surface area contributed by atoms with Crippen molar-refractivity contribution in [2.75, 3.05) is 47.5 Å². The van der Waals surface area contributed by atoms with Gasteiger partial charge in [-0.15, -0.1) is 0 Å². The quantitative estimate of drug-likeness (QED) is 0.0211. The van der Waals surface area contributed by atoms with E-state index in [0.717, 1.165) is 122 Å². The molecule has 392 valence electrons. The van der Waals surface area contributed by atoms with Gasteiger partial charge < -0.3 is 28.5 Å². The molecule has 0 aliphatic rings. The molecular weight excluding hydrogens is 875 g/mol. The number of unbranched alkanes of at least 4 members (excludes halogenated alkanes) is 7. The molecule has 0 aliphatic heterocycles. The third-order valence-corrected chi connectivity index (χ3v) is 10.4. The zero-order chi connectivity index (χ0) is 51.3. The molecule has 0 saturated heterocycles. The molecule has 2 unspecified atom stereocenters. The molecule has 70 heavy (non-hydrogen) atoms. The summed E-state index contributed by atoms with van der Waals surface area (Å²) in [5.74, 6) is -2.10. The van der Waals surface area contributed by atoms with E-state index in [0.29, 0.717) is 17.4 Å². The van der Waals surface area contributed by atoms with Gasteiger partial charge in [-0.1, -0.05) is 192 Å². The van der Waals surface area contributed by atoms with Gasteiger partial charge in [0, 0.05) is 12.8 Å². The van der Waals surface area contributed by atoms with E-state index in [4.69, 9.17) is 18.9 Å². The van der Waals surface area contributed by atoms with E-state index in [9.17, 15) is 19.5 Å². The van der Waals surface area contributed by atoms with Crippen LogP contribution in [0.15, 0.2) is 146 Å². The van der Waals surface area contributed by atoms with E-state index < -0.39 is 24.3 Å². The Bertz CT molecular complexity index is 1650. The number of aliphatic carboxylic acids is 1. The highest BCUT2D eigenvalue weighted by atomic mass is 16.7. The molecule has 0 heterocycles. The largest absolute Gasteiger partial charge is 0.477 e. The van der Waals surface area contributed by atoms with Gasteiger partial charge in [-0.05, 0) is 103 Å². The molecule has 0 bridgehead atoms. The van der Waals surface area contributed by atoms with Gasteiger partial charge in [0.05, 0.1) is 34.4 Å². The number of rotatable bonds is 46. The molecule has 0 rings (SSSR count). The molecule has 2 atom stereocenters. The second-order valence-electron chi connectivity index (χ2n) is 18.1. The van der Waals surface area contributed by atoms with Crippen LogP contribution in [0.4, 0.5) is 0 Å². The molecule has 0 spiro atoms. The van der Waals surface area contributed by atoms with Gasteiger partial charge in [-0.3, -0.25) is 9.59 Å². The maximum absolute atomic E-state index is 12.7. The molecule has 0 aromatic rings. The fraction of sp³-hybridized carbons (Fsp3) is 0.557. The smallest absolute Gasteiger partial charge is 0.361 e. The van der Waals surface area contributed by atoms with Gasteiger partial charge >= 0.3 is 17.9 Å². The summed E-state index contributed by atoms with van der Waals surface area (Å²) in [6.07, 6.45) is 71.2. The number of allylic oxidation sites excluding steroid dienone is 24. The third-order valence-electron chi connectivity index (χ3n) is 10.4. The molecule has 0 saturated carbocycles. The molecule has 0 amide bonds. The van der Waals surface area contributed by atoms with Gasteiger partial charge in [0.25, 0.3) is 6.29 Å². The minimum Gasteiger partial charge on any atom is -0.477 e. The maximum atomic E-state index is 12.7. The first kappa shape index (κ1) is 65.2. The minimum absolute atomic E-state index is 0.172. The Labute approximate surface area is 426 Å². The van der Waals surface area contributed by atoms with E-state index in [1.54, 1.807) is 0 Å². The molecule has 9 heteroatoms. The summed E-state index contributed by atoms with van der Waals surface area (Å²) in [4.78, 5) is 36.9. The Kier molecular flexibility index (Phi) is 47.1. The maximum Gasteiger partial charge on any atom is 0.361 e. The van der Waals surface area contributed by atoms with Crippen molar-refractivity contribution in [2.45, 2.75) is 174 Å². The van der Waals surface area contributed by atoms with E-state index in [1.807, 2.05) is 21.1 Å². The predicted molar refractivity (Wildman–Crippen MR) is 294 cm³/mol. The van der Waals surface area contributed by atoms with Crippen LogP contribution in [-0.2, 0) is 33.3 Å². The first-order valence-corrected chi connectivity index (χ1v) is 26.5. The number of nitrogens with zero attached hydrogens (tertiary/aromatic N) is 1. The lowest BCUT2D eigenvalue weighted by Crippen LogP contribution is -2.40. The highest BCUT2D eigenvalue weighted by Gasteiger charge is 2.25. The van der Waals surface area contributed by atoms with Crippen molar-refractivity contribution in [3.05, 3.63) is 146 Å². The van der Waals surface area contributed by atoms with Crippen LogP contribution in [0, 0.1) is 0 Å². The summed E-state index contributed by atoms with van der Waals surface area (Å²) < 4.78 is 22.6. The summed E-state index contributed by atoms with van der Waals surface area (Å²) >= 11 is 0. The average Bonchev–Trinajstić information content (AvgIpc) is 3.33. The fourth-order valence-electron chi connectivity index (χ4n) is 6.28. The van der Waals surface area contributed by atoms with Crippen molar-refractivity contribution in [3.8, 4) is 0 Å². The number of carbonyl (C=O) groups excluding carboxylic acids is 2. The minimum atomic E-state index is -1.53. The zero-order valence-electron chi connectivity index (χ0n) is 44.4. The van der Waals surface area contributed by atoms with Crippen molar-refractivity contribution in [1.82, 2.24) is 0 Å². The van der Waals surface area contributed by atoms with E-state index in [1.165, 1.54) is 6.42 Å². The van der Waals surface area contributed by atoms with Crippen LogP contribution < -0.4 is 0 Å². The van der Waals surface area contributed by atoms with Crippen LogP contribution in [0.1, 0.15) is 162 Å². The second kappa shape index (κ2) is 50.6. The van der Waals surface area contributed by atoms with Gasteiger partial charge in [0.15, 0.2) is 6.10 Å². The van der Waals surface area contributed by atoms with Crippen molar-refractivity contribution < 1.29 is 42.9 Å². The summed E-state index contributed by atoms with van der Waals surface area (Å²) in [7, 11) is 5.92. The van der Waals surface area contributed by atoms with Crippen LogP contribution in [0.3, 0.4) is 0 Å². The highest BCUT2D eigenvalue weighted by Crippen LogP contribution is 2.11. The molecule has 0 aromatic heterocycles. The monoisotopic (exact) mass is 971 g/mol. The summed E-state index contributed by atoms with van der Waals surface area (Å²) in [6.45, 7) is 4.59. The lowest BCUT2D eigenvalue weighted by Gasteiger charge is -2.25. The number of quaternary nitrogens is 1. The standard InChI is InChI=1S/C61H95NO8/c1-6-8-10-12-14-15-16-17-18-19-20-21-22-23-24-25-26-27-28-29-30-31-32-33-34-35-36-37-38-39-40-41-42-43-44-45-46-48-50-52-59(64)70-57(55-68-58(63)51-49-47-13-11-9-7-2)56-69-61(60(65)66)67-54-53-62(3,4)5/h8,10,14-15,17-18,20-21,23-24,26-27,29-30,32-33,35-36,38-39,41-42,44-45,57,61H,6-7,9,11-13,16,19,22,25,28,31,34,37,40,43,46-56H2,1-5H3/p+1/b10-8-,15-14-,18-17-,21-20-,24-23-,27-26-,30-29-,33-32-,36-35-,39-38-,42-41-,45-44-. The van der Waals surface area contributed by atoms with Gasteiger partial charge in [0.1, 0.15) is 13.2 Å². The Hall–Kier alpha value is -4.83. The summed E-state index contributed by atoms with van der Waals surface area (Å²) in [5, 5.41) is 9.61. The second-order valence-corrected chi connectivity index (χ2v) is 18.1. The topological polar surface area (TPSA) is 108 Å². The molecule has 0 fully saturated rings. The number of carboxylic acid groups (broad SMARTS) is 1. The SMILES string of the molecule is CC/C=C\C/C=C\C/C=C\C/C=C\C/C=C\C/C=C\C/C=C\C/C=C\C/C=C\C/C=C\C/C=C\C/C=C\CCCCC(=O)OC(COC(=O)CCCCCCCC)COC(OCC[N+](C)(C)C)C(=O)O. The highest BCUT2D eigenvalue weighted by molar-refractivity contribution is 5.71. The molecule has 0 aromatic carbocycles.